The average molecular weight is 352 g/mol. The minimum absolute atomic E-state index is 0.0141. The van der Waals surface area contributed by atoms with Crippen molar-refractivity contribution in [1.29, 1.82) is 0 Å². The van der Waals surface area contributed by atoms with Gasteiger partial charge in [0.05, 0.1) is 15.8 Å². The summed E-state index contributed by atoms with van der Waals surface area (Å²) in [5.74, 6) is -0.0426. The van der Waals surface area contributed by atoms with E-state index in [2.05, 4.69) is 4.72 Å². The topological polar surface area (TPSA) is 80.3 Å². The molecule has 0 saturated heterocycles. The fraction of sp³-hybridized carbons (Fsp3) is 0.538. The SMILES string of the molecule is Cc1cc(S(=O)(=O)Cl)cc(C(C)C)c1NS(=O)(=O)C1CC1. The first-order valence-corrected chi connectivity index (χ1v) is 10.5. The normalized spacial score (nSPS) is 16.2. The van der Waals surface area contributed by atoms with E-state index >= 15 is 0 Å². The van der Waals surface area contributed by atoms with E-state index in [0.717, 1.165) is 0 Å². The lowest BCUT2D eigenvalue weighted by molar-refractivity contribution is 0.599. The number of sulfonamides is 1. The number of anilines is 1. The predicted molar refractivity (Wildman–Crippen MR) is 83.9 cm³/mol. The monoisotopic (exact) mass is 351 g/mol. The Balaban J connectivity index is 2.55. The molecule has 2 rings (SSSR count). The molecule has 0 atom stereocenters. The molecule has 1 aromatic rings. The Kier molecular flexibility index (Phi) is 4.30. The van der Waals surface area contributed by atoms with E-state index in [0.29, 0.717) is 29.7 Å². The lowest BCUT2D eigenvalue weighted by Gasteiger charge is -2.18. The van der Waals surface area contributed by atoms with Crippen LogP contribution in [0.5, 0.6) is 0 Å². The Bertz CT molecular complexity index is 766. The lowest BCUT2D eigenvalue weighted by Crippen LogP contribution is -2.19. The van der Waals surface area contributed by atoms with Gasteiger partial charge in [0.25, 0.3) is 9.05 Å². The van der Waals surface area contributed by atoms with Crippen LogP contribution >= 0.6 is 10.7 Å². The first kappa shape index (κ1) is 16.6. The predicted octanol–water partition coefficient (Wildman–Crippen LogP) is 2.95. The Morgan fingerprint density at radius 1 is 1.19 bits per heavy atom. The molecule has 5 nitrogen and oxygen atoms in total. The summed E-state index contributed by atoms with van der Waals surface area (Å²) in [6.45, 7) is 5.41. The first-order chi connectivity index (χ1) is 9.52. The second-order valence-electron chi connectivity index (χ2n) is 5.64. The summed E-state index contributed by atoms with van der Waals surface area (Å²) in [6, 6.07) is 2.82. The van der Waals surface area contributed by atoms with Gasteiger partial charge in [0.15, 0.2) is 0 Å². The zero-order valence-electron chi connectivity index (χ0n) is 12.1. The number of aryl methyl sites for hydroxylation is 1. The van der Waals surface area contributed by atoms with Crippen LogP contribution in [0.25, 0.3) is 0 Å². The first-order valence-electron chi connectivity index (χ1n) is 6.63. The molecule has 0 aromatic heterocycles. The molecule has 21 heavy (non-hydrogen) atoms. The zero-order valence-corrected chi connectivity index (χ0v) is 14.4. The maximum absolute atomic E-state index is 12.1. The molecule has 0 aliphatic heterocycles. The Morgan fingerprint density at radius 2 is 1.76 bits per heavy atom. The summed E-state index contributed by atoms with van der Waals surface area (Å²) in [5.41, 5.74) is 1.63. The number of rotatable bonds is 5. The molecule has 8 heteroatoms. The number of halogens is 1. The highest BCUT2D eigenvalue weighted by molar-refractivity contribution is 8.13. The molecular weight excluding hydrogens is 334 g/mol. The molecule has 1 fully saturated rings. The van der Waals surface area contributed by atoms with Crippen molar-refractivity contribution in [1.82, 2.24) is 0 Å². The van der Waals surface area contributed by atoms with Crippen molar-refractivity contribution in [3.05, 3.63) is 23.3 Å². The van der Waals surface area contributed by atoms with Crippen LogP contribution in [-0.4, -0.2) is 22.1 Å². The van der Waals surface area contributed by atoms with Gasteiger partial charge in [0.1, 0.15) is 0 Å². The van der Waals surface area contributed by atoms with Gasteiger partial charge in [-0.1, -0.05) is 13.8 Å². The lowest BCUT2D eigenvalue weighted by atomic mass is 9.99. The second kappa shape index (κ2) is 5.44. The molecular formula is C13H18ClNO4S2. The molecule has 0 spiro atoms. The maximum Gasteiger partial charge on any atom is 0.261 e. The van der Waals surface area contributed by atoms with Crippen LogP contribution in [0.3, 0.4) is 0 Å². The van der Waals surface area contributed by atoms with Gasteiger partial charge in [-0.2, -0.15) is 0 Å². The van der Waals surface area contributed by atoms with Crippen LogP contribution in [0.15, 0.2) is 17.0 Å². The van der Waals surface area contributed by atoms with Crippen LogP contribution < -0.4 is 4.72 Å². The van der Waals surface area contributed by atoms with Crippen molar-refractivity contribution >= 4 is 35.4 Å². The van der Waals surface area contributed by atoms with Gasteiger partial charge >= 0.3 is 0 Å². The van der Waals surface area contributed by atoms with Gasteiger partial charge in [0.2, 0.25) is 10.0 Å². The Labute approximate surface area is 130 Å². The summed E-state index contributed by atoms with van der Waals surface area (Å²) in [6.07, 6.45) is 1.33. The molecule has 1 saturated carbocycles. The van der Waals surface area contributed by atoms with Crippen molar-refractivity contribution in [3.63, 3.8) is 0 Å². The molecule has 0 bridgehead atoms. The third kappa shape index (κ3) is 3.70. The molecule has 0 heterocycles. The molecule has 1 aromatic carbocycles. The van der Waals surface area contributed by atoms with Gasteiger partial charge in [-0.25, -0.2) is 16.8 Å². The molecule has 1 aliphatic carbocycles. The van der Waals surface area contributed by atoms with E-state index in [1.54, 1.807) is 6.92 Å². The van der Waals surface area contributed by atoms with Gasteiger partial charge in [-0.3, -0.25) is 4.72 Å². The second-order valence-corrected chi connectivity index (χ2v) is 10.2. The highest BCUT2D eigenvalue weighted by Crippen LogP contribution is 2.35. The Morgan fingerprint density at radius 3 is 2.19 bits per heavy atom. The molecule has 118 valence electrons. The fourth-order valence-electron chi connectivity index (χ4n) is 2.12. The van der Waals surface area contributed by atoms with E-state index < -0.39 is 19.1 Å². The van der Waals surface area contributed by atoms with E-state index in [1.165, 1.54) is 12.1 Å². The van der Waals surface area contributed by atoms with Crippen molar-refractivity contribution in [2.75, 3.05) is 4.72 Å². The average Bonchev–Trinajstić information content (AvgIpc) is 3.13. The largest absolute Gasteiger partial charge is 0.283 e. The molecule has 0 radical (unpaired) electrons. The summed E-state index contributed by atoms with van der Waals surface area (Å²) in [7, 11) is -1.86. The van der Waals surface area contributed by atoms with E-state index in [1.807, 2.05) is 13.8 Å². The van der Waals surface area contributed by atoms with Crippen LogP contribution in [0.1, 0.15) is 43.7 Å². The van der Waals surface area contributed by atoms with Crippen LogP contribution in [0.2, 0.25) is 0 Å². The minimum Gasteiger partial charge on any atom is -0.283 e. The van der Waals surface area contributed by atoms with E-state index in [9.17, 15) is 16.8 Å². The van der Waals surface area contributed by atoms with Crippen LogP contribution in [-0.2, 0) is 19.1 Å². The van der Waals surface area contributed by atoms with Crippen molar-refractivity contribution in [3.8, 4) is 0 Å². The molecule has 1 aliphatic rings. The van der Waals surface area contributed by atoms with Gasteiger partial charge < -0.3 is 0 Å². The summed E-state index contributed by atoms with van der Waals surface area (Å²) >= 11 is 0. The van der Waals surface area contributed by atoms with Gasteiger partial charge in [-0.15, -0.1) is 0 Å². The van der Waals surface area contributed by atoms with E-state index in [4.69, 9.17) is 10.7 Å². The molecule has 0 amide bonds. The highest BCUT2D eigenvalue weighted by atomic mass is 35.7. The maximum atomic E-state index is 12.1. The zero-order chi connectivity index (χ0) is 16.0. The van der Waals surface area contributed by atoms with Crippen LogP contribution in [0.4, 0.5) is 5.69 Å². The number of hydrogen-bond acceptors (Lipinski definition) is 4. The number of hydrogen-bond donors (Lipinski definition) is 1. The molecule has 1 N–H and O–H groups in total. The van der Waals surface area contributed by atoms with Gasteiger partial charge in [0, 0.05) is 10.7 Å². The van der Waals surface area contributed by atoms with E-state index in [-0.39, 0.29) is 16.1 Å². The quantitative estimate of drug-likeness (QED) is 0.827. The smallest absolute Gasteiger partial charge is 0.261 e. The fourth-order valence-corrected chi connectivity index (χ4v) is 4.46. The van der Waals surface area contributed by atoms with Crippen molar-refractivity contribution < 1.29 is 16.8 Å². The highest BCUT2D eigenvalue weighted by Gasteiger charge is 2.36. The van der Waals surface area contributed by atoms with Crippen molar-refractivity contribution in [2.45, 2.75) is 49.7 Å². The standard InChI is InChI=1S/C13H18ClNO4S2/c1-8(2)12-7-11(20(14,16)17)6-9(3)13(12)15-21(18,19)10-4-5-10/h6-8,10,15H,4-5H2,1-3H3. The third-order valence-electron chi connectivity index (χ3n) is 3.45. The summed E-state index contributed by atoms with van der Waals surface area (Å²) in [5, 5.41) is -0.339. The number of nitrogens with one attached hydrogen (secondary N) is 1. The summed E-state index contributed by atoms with van der Waals surface area (Å²) < 4.78 is 49.8. The van der Waals surface area contributed by atoms with Crippen LogP contribution in [0, 0.1) is 6.92 Å². The molecule has 0 unspecified atom stereocenters. The summed E-state index contributed by atoms with van der Waals surface area (Å²) in [4.78, 5) is -0.0141. The van der Waals surface area contributed by atoms with Gasteiger partial charge in [-0.05, 0) is 48.9 Å². The van der Waals surface area contributed by atoms with Crippen molar-refractivity contribution in [2.24, 2.45) is 0 Å². The Hall–Kier alpha value is -0.790. The third-order valence-corrected chi connectivity index (χ3v) is 6.62. The minimum atomic E-state index is -3.85. The number of benzene rings is 1.